The van der Waals surface area contributed by atoms with Crippen LogP contribution in [0.15, 0.2) is 47.5 Å². The second-order valence-electron chi connectivity index (χ2n) is 8.89. The molecule has 5 rings (SSSR count). The number of fused-ring (bicyclic) bond motifs is 1. The van der Waals surface area contributed by atoms with E-state index in [1.54, 1.807) is 20.0 Å². The number of aromatic nitrogens is 4. The van der Waals surface area contributed by atoms with Gasteiger partial charge in [0.25, 0.3) is 12.0 Å². The van der Waals surface area contributed by atoms with Crippen LogP contribution in [0.25, 0.3) is 22.0 Å². The fourth-order valence-electron chi connectivity index (χ4n) is 4.52. The number of hydrogen-bond acceptors (Lipinski definition) is 7. The monoisotopic (exact) mass is 528 g/mol. The highest BCUT2D eigenvalue weighted by Crippen LogP contribution is 2.32. The third-order valence-electron chi connectivity index (χ3n) is 6.39. The van der Waals surface area contributed by atoms with E-state index in [0.717, 1.165) is 12.1 Å². The van der Waals surface area contributed by atoms with E-state index < -0.39 is 29.8 Å². The predicted octanol–water partition coefficient (Wildman–Crippen LogP) is 4.52. The molecular formula is C26H24F4N6O2. The number of halogens is 4. The number of alkyl halides is 2. The van der Waals surface area contributed by atoms with Gasteiger partial charge in [0.15, 0.2) is 0 Å². The lowest BCUT2D eigenvalue weighted by Crippen LogP contribution is -2.49. The van der Waals surface area contributed by atoms with Gasteiger partial charge in [-0.25, -0.2) is 32.8 Å². The number of anilines is 1. The molecular weight excluding hydrogens is 504 g/mol. The first kappa shape index (κ1) is 25.6. The standard InChI is InChI=1S/C26H24F4N6O2/c1-14(17-4-3-5-18(22(17)28)24(29)30)32-25-19-13-36(35-8-10-38-11-9-35)26(37)21(23(19)33-15(2)34-25)16-6-7-20(27)31-12-16/h3-7,12-14,24H,8-11H2,1-2H3,(H,32,33,34)/t14-/m1/s1. The highest BCUT2D eigenvalue weighted by Gasteiger charge is 2.24. The van der Waals surface area contributed by atoms with Crippen LogP contribution in [0.5, 0.6) is 0 Å². The number of morpholine rings is 1. The summed E-state index contributed by atoms with van der Waals surface area (Å²) in [6.07, 6.45) is -0.115. The first-order chi connectivity index (χ1) is 18.2. The molecule has 1 aromatic carbocycles. The zero-order valence-corrected chi connectivity index (χ0v) is 20.6. The highest BCUT2D eigenvalue weighted by atomic mass is 19.3. The maximum Gasteiger partial charge on any atom is 0.279 e. The van der Waals surface area contributed by atoms with Crippen molar-refractivity contribution in [2.75, 3.05) is 36.6 Å². The molecule has 1 saturated heterocycles. The Labute approximate surface area is 214 Å². The van der Waals surface area contributed by atoms with Crippen LogP contribution in [0.3, 0.4) is 0 Å². The summed E-state index contributed by atoms with van der Waals surface area (Å²) in [6, 6.07) is 5.68. The number of ether oxygens (including phenoxy) is 1. The van der Waals surface area contributed by atoms with E-state index in [9.17, 15) is 22.4 Å². The van der Waals surface area contributed by atoms with Crippen LogP contribution in [-0.2, 0) is 4.74 Å². The van der Waals surface area contributed by atoms with Crippen LogP contribution < -0.4 is 15.9 Å². The molecule has 0 bridgehead atoms. The molecule has 0 amide bonds. The van der Waals surface area contributed by atoms with Crippen molar-refractivity contribution in [2.45, 2.75) is 26.3 Å². The SMILES string of the molecule is Cc1nc(N[C@H](C)c2cccc(C(F)F)c2F)c2cn(N3CCOCC3)c(=O)c(-c3ccc(F)nc3)c2n1. The lowest BCUT2D eigenvalue weighted by Gasteiger charge is -2.31. The van der Waals surface area contributed by atoms with E-state index >= 15 is 0 Å². The van der Waals surface area contributed by atoms with Gasteiger partial charge >= 0.3 is 0 Å². The summed E-state index contributed by atoms with van der Waals surface area (Å²) in [4.78, 5) is 26.4. The van der Waals surface area contributed by atoms with Crippen molar-refractivity contribution >= 4 is 16.7 Å². The summed E-state index contributed by atoms with van der Waals surface area (Å²) in [5.74, 6) is -1.10. The summed E-state index contributed by atoms with van der Waals surface area (Å²) in [7, 11) is 0. The zero-order valence-electron chi connectivity index (χ0n) is 20.6. The fourth-order valence-corrected chi connectivity index (χ4v) is 4.52. The van der Waals surface area contributed by atoms with E-state index in [0.29, 0.717) is 43.1 Å². The number of pyridine rings is 2. The number of rotatable bonds is 6. The third kappa shape index (κ3) is 4.78. The van der Waals surface area contributed by atoms with Crippen molar-refractivity contribution in [2.24, 2.45) is 0 Å². The van der Waals surface area contributed by atoms with Crippen molar-refractivity contribution in [3.8, 4) is 11.1 Å². The van der Waals surface area contributed by atoms with Crippen molar-refractivity contribution in [3.63, 3.8) is 0 Å². The molecule has 1 aliphatic heterocycles. The van der Waals surface area contributed by atoms with Gasteiger partial charge in [-0.15, -0.1) is 0 Å². The minimum absolute atomic E-state index is 0.0386. The number of nitrogens with zero attached hydrogens (tertiary/aromatic N) is 5. The zero-order chi connectivity index (χ0) is 27.0. The lowest BCUT2D eigenvalue weighted by molar-refractivity contribution is 0.111. The number of aryl methyl sites for hydroxylation is 1. The van der Waals surface area contributed by atoms with E-state index in [1.807, 2.05) is 5.01 Å². The van der Waals surface area contributed by atoms with Crippen LogP contribution in [0.2, 0.25) is 0 Å². The van der Waals surface area contributed by atoms with E-state index in [4.69, 9.17) is 4.74 Å². The topological polar surface area (TPSA) is 85.2 Å². The van der Waals surface area contributed by atoms with E-state index in [1.165, 1.54) is 29.1 Å². The Morgan fingerprint density at radius 2 is 1.79 bits per heavy atom. The summed E-state index contributed by atoms with van der Waals surface area (Å²) in [5.41, 5.74) is -0.202. The Balaban J connectivity index is 1.70. The molecule has 4 aromatic rings. The van der Waals surface area contributed by atoms with Crippen molar-refractivity contribution in [3.05, 3.63) is 81.8 Å². The molecule has 1 fully saturated rings. The molecule has 38 heavy (non-hydrogen) atoms. The summed E-state index contributed by atoms with van der Waals surface area (Å²) in [6.45, 7) is 5.00. The summed E-state index contributed by atoms with van der Waals surface area (Å²) < 4.78 is 61.9. The van der Waals surface area contributed by atoms with Crippen LogP contribution in [0.1, 0.15) is 36.3 Å². The first-order valence-corrected chi connectivity index (χ1v) is 12.0. The molecule has 0 saturated carbocycles. The van der Waals surface area contributed by atoms with Crippen LogP contribution in [0.4, 0.5) is 23.4 Å². The summed E-state index contributed by atoms with van der Waals surface area (Å²) in [5, 5.41) is 5.36. The van der Waals surface area contributed by atoms with Crippen LogP contribution in [-0.4, -0.2) is 45.9 Å². The Morgan fingerprint density at radius 1 is 1.05 bits per heavy atom. The smallest absolute Gasteiger partial charge is 0.279 e. The molecule has 1 N–H and O–H groups in total. The van der Waals surface area contributed by atoms with Crippen molar-refractivity contribution in [1.82, 2.24) is 19.6 Å². The van der Waals surface area contributed by atoms with E-state index in [2.05, 4.69) is 20.3 Å². The second-order valence-corrected chi connectivity index (χ2v) is 8.89. The number of nitrogens with one attached hydrogen (secondary N) is 1. The van der Waals surface area contributed by atoms with Gasteiger partial charge < -0.3 is 15.1 Å². The average Bonchev–Trinajstić information content (AvgIpc) is 2.89. The Morgan fingerprint density at radius 3 is 2.47 bits per heavy atom. The predicted molar refractivity (Wildman–Crippen MR) is 134 cm³/mol. The largest absolute Gasteiger partial charge is 0.378 e. The third-order valence-corrected chi connectivity index (χ3v) is 6.39. The van der Waals surface area contributed by atoms with Gasteiger partial charge in [-0.05, 0) is 26.0 Å². The van der Waals surface area contributed by atoms with Gasteiger partial charge in [0.2, 0.25) is 5.95 Å². The van der Waals surface area contributed by atoms with E-state index in [-0.39, 0.29) is 28.0 Å². The normalized spacial score (nSPS) is 14.8. The Hall–Kier alpha value is -4.06. The minimum Gasteiger partial charge on any atom is -0.378 e. The van der Waals surface area contributed by atoms with Crippen LogP contribution >= 0.6 is 0 Å². The molecule has 1 aliphatic rings. The fraction of sp³-hybridized carbons (Fsp3) is 0.308. The van der Waals surface area contributed by atoms with Crippen molar-refractivity contribution in [1.29, 1.82) is 0 Å². The molecule has 198 valence electrons. The first-order valence-electron chi connectivity index (χ1n) is 12.0. The molecule has 0 spiro atoms. The quantitative estimate of drug-likeness (QED) is 0.291. The molecule has 12 heteroatoms. The molecule has 3 aromatic heterocycles. The second kappa shape index (κ2) is 10.4. The highest BCUT2D eigenvalue weighted by molar-refractivity contribution is 5.98. The number of hydrogen-bond donors (Lipinski definition) is 1. The van der Waals surface area contributed by atoms with Gasteiger partial charge in [0.1, 0.15) is 17.5 Å². The lowest BCUT2D eigenvalue weighted by atomic mass is 10.0. The van der Waals surface area contributed by atoms with Gasteiger partial charge in [-0.3, -0.25) is 4.79 Å². The van der Waals surface area contributed by atoms with Gasteiger partial charge in [0.05, 0.1) is 54.4 Å². The van der Waals surface area contributed by atoms with Crippen molar-refractivity contribution < 1.29 is 22.3 Å². The Kier molecular flexibility index (Phi) is 6.98. The van der Waals surface area contributed by atoms with Crippen LogP contribution in [0, 0.1) is 18.7 Å². The molecule has 4 heterocycles. The average molecular weight is 529 g/mol. The molecule has 8 nitrogen and oxygen atoms in total. The number of benzene rings is 1. The van der Waals surface area contributed by atoms with Gasteiger partial charge in [-0.2, -0.15) is 4.39 Å². The maximum absolute atomic E-state index is 14.9. The van der Waals surface area contributed by atoms with Gasteiger partial charge in [-0.1, -0.05) is 18.2 Å². The minimum atomic E-state index is -2.96. The Bertz CT molecular complexity index is 1540. The summed E-state index contributed by atoms with van der Waals surface area (Å²) >= 11 is 0. The molecule has 0 unspecified atom stereocenters. The molecule has 0 radical (unpaired) electrons. The maximum atomic E-state index is 14.9. The molecule has 0 aliphatic carbocycles. The van der Waals surface area contributed by atoms with Gasteiger partial charge in [0, 0.05) is 23.5 Å². The molecule has 1 atom stereocenters.